The maximum absolute atomic E-state index is 13.7. The Morgan fingerprint density at radius 1 is 1.12 bits per heavy atom. The zero-order valence-corrected chi connectivity index (χ0v) is 12.4. The summed E-state index contributed by atoms with van der Waals surface area (Å²) in [6.45, 7) is 1.79. The lowest BCUT2D eigenvalue weighted by molar-refractivity contribution is 0.0299. The number of hydrogen-bond acceptors (Lipinski definition) is 5. The van der Waals surface area contributed by atoms with E-state index in [4.69, 9.17) is 4.74 Å². The van der Waals surface area contributed by atoms with Crippen molar-refractivity contribution in [1.82, 2.24) is 14.9 Å². The molecule has 1 aliphatic rings. The Hall–Kier alpha value is -2.68. The van der Waals surface area contributed by atoms with E-state index in [1.54, 1.807) is 4.90 Å². The van der Waals surface area contributed by atoms with Crippen molar-refractivity contribution in [3.63, 3.8) is 0 Å². The fourth-order valence-corrected chi connectivity index (χ4v) is 2.21. The largest absolute Gasteiger partial charge is 0.378 e. The van der Waals surface area contributed by atoms with Crippen LogP contribution in [0.4, 0.5) is 24.8 Å². The van der Waals surface area contributed by atoms with E-state index in [2.05, 4.69) is 15.3 Å². The predicted molar refractivity (Wildman–Crippen MR) is 78.4 cm³/mol. The van der Waals surface area contributed by atoms with Crippen molar-refractivity contribution >= 4 is 17.5 Å². The second kappa shape index (κ2) is 6.83. The molecule has 0 atom stereocenters. The van der Waals surface area contributed by atoms with Gasteiger partial charge in [0.15, 0.2) is 17.5 Å². The molecule has 1 saturated heterocycles. The molecule has 0 unspecified atom stereocenters. The highest BCUT2D eigenvalue weighted by Gasteiger charge is 2.20. The SMILES string of the molecule is O=C(c1ccnc(Nc2ccc(F)c(F)c2F)n1)N1CCOCC1. The molecule has 2 heterocycles. The first kappa shape index (κ1) is 16.2. The number of nitrogens with one attached hydrogen (secondary N) is 1. The highest BCUT2D eigenvalue weighted by atomic mass is 19.2. The molecule has 1 amide bonds. The molecular weight excluding hydrogens is 325 g/mol. The number of aromatic nitrogens is 2. The van der Waals surface area contributed by atoms with E-state index in [0.29, 0.717) is 26.3 Å². The molecule has 0 bridgehead atoms. The summed E-state index contributed by atoms with van der Waals surface area (Å²) in [7, 11) is 0. The van der Waals surface area contributed by atoms with Gasteiger partial charge in [0, 0.05) is 19.3 Å². The third-order valence-corrected chi connectivity index (χ3v) is 3.45. The van der Waals surface area contributed by atoms with Crippen LogP contribution in [-0.2, 0) is 4.74 Å². The van der Waals surface area contributed by atoms with Crippen LogP contribution < -0.4 is 5.32 Å². The van der Waals surface area contributed by atoms with Gasteiger partial charge in [-0.1, -0.05) is 0 Å². The van der Waals surface area contributed by atoms with Crippen molar-refractivity contribution in [3.05, 3.63) is 47.5 Å². The number of nitrogens with zero attached hydrogens (tertiary/aromatic N) is 3. The van der Waals surface area contributed by atoms with Crippen molar-refractivity contribution < 1.29 is 22.7 Å². The summed E-state index contributed by atoms with van der Waals surface area (Å²) >= 11 is 0. The standard InChI is InChI=1S/C15H13F3N4O2/c16-9-1-2-10(13(18)12(9)17)20-15-19-4-3-11(21-15)14(23)22-5-7-24-8-6-22/h1-4H,5-8H2,(H,19,20,21). The van der Waals surface area contributed by atoms with E-state index in [1.807, 2.05) is 0 Å². The fourth-order valence-electron chi connectivity index (χ4n) is 2.21. The smallest absolute Gasteiger partial charge is 0.272 e. The molecule has 0 aliphatic carbocycles. The van der Waals surface area contributed by atoms with Crippen LogP contribution in [-0.4, -0.2) is 47.1 Å². The Bertz CT molecular complexity index is 766. The zero-order valence-electron chi connectivity index (χ0n) is 12.4. The van der Waals surface area contributed by atoms with Crippen LogP contribution >= 0.6 is 0 Å². The van der Waals surface area contributed by atoms with Gasteiger partial charge in [0.25, 0.3) is 5.91 Å². The summed E-state index contributed by atoms with van der Waals surface area (Å²) in [5.74, 6) is -4.69. The number of carbonyl (C=O) groups is 1. The molecule has 1 fully saturated rings. The summed E-state index contributed by atoms with van der Waals surface area (Å²) in [5, 5.41) is 2.44. The number of halogens is 3. The van der Waals surface area contributed by atoms with Crippen molar-refractivity contribution in [2.24, 2.45) is 0 Å². The molecule has 126 valence electrons. The summed E-state index contributed by atoms with van der Waals surface area (Å²) in [4.78, 5) is 21.8. The molecule has 6 nitrogen and oxygen atoms in total. The van der Waals surface area contributed by atoms with Crippen LogP contribution in [0, 0.1) is 17.5 Å². The number of morpholine rings is 1. The number of rotatable bonds is 3. The number of hydrogen-bond donors (Lipinski definition) is 1. The zero-order chi connectivity index (χ0) is 17.1. The molecule has 1 N–H and O–H groups in total. The third-order valence-electron chi connectivity index (χ3n) is 3.45. The number of carbonyl (C=O) groups excluding carboxylic acids is 1. The maximum atomic E-state index is 13.7. The van der Waals surface area contributed by atoms with Gasteiger partial charge in [0.1, 0.15) is 5.69 Å². The number of benzene rings is 1. The first-order valence-electron chi connectivity index (χ1n) is 7.17. The van der Waals surface area contributed by atoms with Crippen LogP contribution in [0.2, 0.25) is 0 Å². The van der Waals surface area contributed by atoms with E-state index in [1.165, 1.54) is 12.3 Å². The normalized spacial score (nSPS) is 14.5. The minimum atomic E-state index is -1.60. The van der Waals surface area contributed by atoms with E-state index < -0.39 is 17.5 Å². The Morgan fingerprint density at radius 2 is 1.88 bits per heavy atom. The molecule has 9 heteroatoms. The summed E-state index contributed by atoms with van der Waals surface area (Å²) < 4.78 is 45.0. The molecule has 0 radical (unpaired) electrons. The molecule has 1 aliphatic heterocycles. The summed E-state index contributed by atoms with van der Waals surface area (Å²) in [5.41, 5.74) is -0.220. The number of amides is 1. The Balaban J connectivity index is 1.80. The highest BCUT2D eigenvalue weighted by molar-refractivity contribution is 5.92. The van der Waals surface area contributed by atoms with Gasteiger partial charge >= 0.3 is 0 Å². The first-order chi connectivity index (χ1) is 11.6. The Morgan fingerprint density at radius 3 is 2.62 bits per heavy atom. The average Bonchev–Trinajstić information content (AvgIpc) is 2.62. The van der Waals surface area contributed by atoms with Crippen LogP contribution in [0.25, 0.3) is 0 Å². The van der Waals surface area contributed by atoms with Crippen LogP contribution in [0.3, 0.4) is 0 Å². The summed E-state index contributed by atoms with van der Waals surface area (Å²) in [6.07, 6.45) is 1.32. The lowest BCUT2D eigenvalue weighted by atomic mass is 10.3. The van der Waals surface area contributed by atoms with Crippen LogP contribution in [0.1, 0.15) is 10.5 Å². The lowest BCUT2D eigenvalue weighted by Crippen LogP contribution is -2.41. The molecule has 0 saturated carbocycles. The van der Waals surface area contributed by atoms with Crippen LogP contribution in [0.5, 0.6) is 0 Å². The van der Waals surface area contributed by atoms with E-state index in [9.17, 15) is 18.0 Å². The highest BCUT2D eigenvalue weighted by Crippen LogP contribution is 2.22. The van der Waals surface area contributed by atoms with E-state index in [0.717, 1.165) is 12.1 Å². The van der Waals surface area contributed by atoms with Gasteiger partial charge in [-0.2, -0.15) is 0 Å². The topological polar surface area (TPSA) is 67.4 Å². The van der Waals surface area contributed by atoms with Gasteiger partial charge in [-0.25, -0.2) is 23.1 Å². The lowest BCUT2D eigenvalue weighted by Gasteiger charge is -2.26. The van der Waals surface area contributed by atoms with Gasteiger partial charge < -0.3 is 15.0 Å². The second-order valence-corrected chi connectivity index (χ2v) is 5.02. The van der Waals surface area contributed by atoms with Crippen molar-refractivity contribution in [2.75, 3.05) is 31.6 Å². The second-order valence-electron chi connectivity index (χ2n) is 5.02. The Labute approximate surface area is 135 Å². The molecular formula is C15H13F3N4O2. The minimum absolute atomic E-state index is 0.0981. The van der Waals surface area contributed by atoms with Gasteiger partial charge in [-0.15, -0.1) is 0 Å². The molecule has 1 aromatic heterocycles. The first-order valence-corrected chi connectivity index (χ1v) is 7.17. The minimum Gasteiger partial charge on any atom is -0.378 e. The molecule has 3 rings (SSSR count). The molecule has 24 heavy (non-hydrogen) atoms. The van der Waals surface area contributed by atoms with Gasteiger partial charge in [-0.3, -0.25) is 4.79 Å². The van der Waals surface area contributed by atoms with Gasteiger partial charge in [0.2, 0.25) is 5.95 Å². The Kier molecular flexibility index (Phi) is 4.61. The van der Waals surface area contributed by atoms with Crippen molar-refractivity contribution in [1.29, 1.82) is 0 Å². The van der Waals surface area contributed by atoms with Crippen molar-refractivity contribution in [2.45, 2.75) is 0 Å². The quantitative estimate of drug-likeness (QED) is 0.868. The fraction of sp³-hybridized carbons (Fsp3) is 0.267. The van der Waals surface area contributed by atoms with Crippen molar-refractivity contribution in [3.8, 4) is 0 Å². The van der Waals surface area contributed by atoms with E-state index >= 15 is 0 Å². The third kappa shape index (κ3) is 3.30. The molecule has 2 aromatic rings. The molecule has 1 aromatic carbocycles. The maximum Gasteiger partial charge on any atom is 0.272 e. The van der Waals surface area contributed by atoms with E-state index in [-0.39, 0.29) is 23.2 Å². The van der Waals surface area contributed by atoms with Gasteiger partial charge in [-0.05, 0) is 18.2 Å². The molecule has 0 spiro atoms. The number of ether oxygens (including phenoxy) is 1. The van der Waals surface area contributed by atoms with Gasteiger partial charge in [0.05, 0.1) is 18.9 Å². The average molecular weight is 338 g/mol. The number of anilines is 2. The summed E-state index contributed by atoms with van der Waals surface area (Å²) in [6, 6.07) is 3.22. The van der Waals surface area contributed by atoms with Crippen LogP contribution in [0.15, 0.2) is 24.4 Å². The monoisotopic (exact) mass is 338 g/mol. The predicted octanol–water partition coefficient (Wildman–Crippen LogP) is 2.11.